The zero-order chi connectivity index (χ0) is 14.5. The zero-order valence-corrected chi connectivity index (χ0v) is 11.7. The Kier molecular flexibility index (Phi) is 5.00. The van der Waals surface area contributed by atoms with Gasteiger partial charge in [0.25, 0.3) is 0 Å². The molecule has 1 amide bonds. The lowest BCUT2D eigenvalue weighted by Gasteiger charge is -2.13. The van der Waals surface area contributed by atoms with E-state index in [9.17, 15) is 14.0 Å². The van der Waals surface area contributed by atoms with Crippen LogP contribution in [0.25, 0.3) is 0 Å². The van der Waals surface area contributed by atoms with Gasteiger partial charge >= 0.3 is 5.97 Å². The van der Waals surface area contributed by atoms with Gasteiger partial charge in [0, 0.05) is 17.1 Å². The highest BCUT2D eigenvalue weighted by Gasteiger charge is 2.37. The lowest BCUT2D eigenvalue weighted by Crippen LogP contribution is -2.42. The Balaban J connectivity index is 1.72. The molecular formula is C14H16FNO3S. The van der Waals surface area contributed by atoms with Crippen molar-refractivity contribution in [1.29, 1.82) is 0 Å². The summed E-state index contributed by atoms with van der Waals surface area (Å²) in [6.07, 6.45) is 1.97. The second-order valence-corrected chi connectivity index (χ2v) is 5.94. The van der Waals surface area contributed by atoms with Gasteiger partial charge in [-0.15, -0.1) is 11.8 Å². The molecule has 1 aliphatic carbocycles. The highest BCUT2D eigenvalue weighted by atomic mass is 32.2. The Morgan fingerprint density at radius 3 is 2.55 bits per heavy atom. The Bertz CT molecular complexity index is 488. The fourth-order valence-corrected chi connectivity index (χ4v) is 2.70. The summed E-state index contributed by atoms with van der Waals surface area (Å²) < 4.78 is 12.7. The topological polar surface area (TPSA) is 66.4 Å². The van der Waals surface area contributed by atoms with Gasteiger partial charge < -0.3 is 10.4 Å². The molecule has 1 aromatic carbocycles. The van der Waals surface area contributed by atoms with Crippen LogP contribution >= 0.6 is 11.8 Å². The molecule has 6 heteroatoms. The fourth-order valence-electron chi connectivity index (χ4n) is 1.85. The third kappa shape index (κ3) is 4.52. The lowest BCUT2D eigenvalue weighted by molar-refractivity contribution is -0.142. The summed E-state index contributed by atoms with van der Waals surface area (Å²) >= 11 is 1.44. The molecule has 0 aliphatic heterocycles. The molecule has 0 spiro atoms. The predicted octanol–water partition coefficient (Wildman–Crippen LogP) is 2.29. The van der Waals surface area contributed by atoms with E-state index in [1.807, 2.05) is 0 Å². The maximum Gasteiger partial charge on any atom is 0.326 e. The number of benzene rings is 1. The van der Waals surface area contributed by atoms with Crippen molar-refractivity contribution in [3.8, 4) is 0 Å². The number of carboxylic acids is 1. The maximum absolute atomic E-state index is 12.7. The summed E-state index contributed by atoms with van der Waals surface area (Å²) in [5, 5.41) is 11.6. The molecule has 108 valence electrons. The van der Waals surface area contributed by atoms with Crippen molar-refractivity contribution in [3.05, 3.63) is 30.1 Å². The number of nitrogens with one attached hydrogen (secondary N) is 1. The number of hydrogen-bond acceptors (Lipinski definition) is 3. The number of rotatable bonds is 7. The van der Waals surface area contributed by atoms with Gasteiger partial charge in [-0.25, -0.2) is 9.18 Å². The minimum absolute atomic E-state index is 0.0844. The first-order valence-electron chi connectivity index (χ1n) is 6.47. The van der Waals surface area contributed by atoms with E-state index in [1.165, 1.54) is 23.9 Å². The van der Waals surface area contributed by atoms with Crippen LogP contribution < -0.4 is 5.32 Å². The third-order valence-corrected chi connectivity index (χ3v) is 4.10. The van der Waals surface area contributed by atoms with Gasteiger partial charge in [-0.3, -0.25) is 4.79 Å². The Labute approximate surface area is 120 Å². The molecule has 1 unspecified atom stereocenters. The summed E-state index contributed by atoms with van der Waals surface area (Å²) in [4.78, 5) is 23.6. The van der Waals surface area contributed by atoms with Gasteiger partial charge in [0.15, 0.2) is 0 Å². The van der Waals surface area contributed by atoms with Crippen LogP contribution in [0.5, 0.6) is 0 Å². The van der Waals surface area contributed by atoms with Crippen LogP contribution in [-0.2, 0) is 9.59 Å². The van der Waals surface area contributed by atoms with E-state index < -0.39 is 12.0 Å². The van der Waals surface area contributed by atoms with Crippen molar-refractivity contribution < 1.29 is 19.1 Å². The predicted molar refractivity (Wildman–Crippen MR) is 74.0 cm³/mol. The first-order chi connectivity index (χ1) is 9.56. The molecule has 20 heavy (non-hydrogen) atoms. The minimum Gasteiger partial charge on any atom is -0.480 e. The van der Waals surface area contributed by atoms with Crippen molar-refractivity contribution in [1.82, 2.24) is 5.32 Å². The van der Waals surface area contributed by atoms with Crippen molar-refractivity contribution in [3.63, 3.8) is 0 Å². The molecule has 0 saturated heterocycles. The molecule has 1 aliphatic rings. The van der Waals surface area contributed by atoms with Crippen LogP contribution in [0.15, 0.2) is 29.2 Å². The molecule has 0 aromatic heterocycles. The minimum atomic E-state index is -0.966. The number of amides is 1. The SMILES string of the molecule is O=C(CCSc1ccc(F)cc1)NC(C(=O)O)C1CC1. The molecule has 2 rings (SSSR count). The van der Waals surface area contributed by atoms with Crippen LogP contribution in [0.3, 0.4) is 0 Å². The van der Waals surface area contributed by atoms with Crippen LogP contribution in [0, 0.1) is 11.7 Å². The van der Waals surface area contributed by atoms with Gasteiger partial charge in [0.05, 0.1) is 0 Å². The number of carbonyl (C=O) groups is 2. The van der Waals surface area contributed by atoms with Crippen molar-refractivity contribution in [2.75, 3.05) is 5.75 Å². The number of aliphatic carboxylic acids is 1. The first-order valence-corrected chi connectivity index (χ1v) is 7.45. The molecule has 0 heterocycles. The Morgan fingerprint density at radius 2 is 2.00 bits per heavy atom. The smallest absolute Gasteiger partial charge is 0.326 e. The van der Waals surface area contributed by atoms with E-state index in [4.69, 9.17) is 5.11 Å². The van der Waals surface area contributed by atoms with Gasteiger partial charge in [-0.2, -0.15) is 0 Å². The molecule has 1 atom stereocenters. The number of hydrogen-bond donors (Lipinski definition) is 2. The molecule has 0 bridgehead atoms. The van der Waals surface area contributed by atoms with Gasteiger partial charge in [-0.1, -0.05) is 0 Å². The van der Waals surface area contributed by atoms with Crippen LogP contribution in [-0.4, -0.2) is 28.8 Å². The third-order valence-electron chi connectivity index (χ3n) is 3.09. The van der Waals surface area contributed by atoms with Crippen molar-refractivity contribution >= 4 is 23.6 Å². The molecular weight excluding hydrogens is 281 g/mol. The summed E-state index contributed by atoms with van der Waals surface area (Å²) in [6, 6.07) is 5.30. The number of halogens is 1. The van der Waals surface area contributed by atoms with E-state index in [0.29, 0.717) is 5.75 Å². The fraction of sp³-hybridized carbons (Fsp3) is 0.429. The monoisotopic (exact) mass is 297 g/mol. The van der Waals surface area contributed by atoms with Gasteiger partial charge in [0.2, 0.25) is 5.91 Å². The van der Waals surface area contributed by atoms with Crippen LogP contribution in [0.4, 0.5) is 4.39 Å². The molecule has 1 saturated carbocycles. The Hall–Kier alpha value is -1.56. The quantitative estimate of drug-likeness (QED) is 0.758. The van der Waals surface area contributed by atoms with Crippen LogP contribution in [0.1, 0.15) is 19.3 Å². The van der Waals surface area contributed by atoms with Crippen LogP contribution in [0.2, 0.25) is 0 Å². The van der Waals surface area contributed by atoms with E-state index in [2.05, 4.69) is 5.32 Å². The molecule has 0 radical (unpaired) electrons. The summed E-state index contributed by atoms with van der Waals surface area (Å²) in [7, 11) is 0. The van der Waals surface area contributed by atoms with Gasteiger partial charge in [-0.05, 0) is 43.0 Å². The number of carbonyl (C=O) groups excluding carboxylic acids is 1. The normalized spacial score (nSPS) is 15.7. The molecule has 2 N–H and O–H groups in total. The number of carboxylic acid groups (broad SMARTS) is 1. The lowest BCUT2D eigenvalue weighted by atomic mass is 10.2. The van der Waals surface area contributed by atoms with E-state index >= 15 is 0 Å². The summed E-state index contributed by atoms with van der Waals surface area (Å²) in [5.41, 5.74) is 0. The molecule has 4 nitrogen and oxygen atoms in total. The standard InChI is InChI=1S/C14H16FNO3S/c15-10-3-5-11(6-4-10)20-8-7-12(17)16-13(14(18)19)9-1-2-9/h3-6,9,13H,1-2,7-8H2,(H,16,17)(H,18,19). The second kappa shape index (κ2) is 6.74. The van der Waals surface area contributed by atoms with E-state index in [-0.39, 0.29) is 24.1 Å². The second-order valence-electron chi connectivity index (χ2n) is 4.77. The van der Waals surface area contributed by atoms with E-state index in [1.54, 1.807) is 12.1 Å². The molecule has 1 fully saturated rings. The molecule has 1 aromatic rings. The first kappa shape index (κ1) is 14.8. The largest absolute Gasteiger partial charge is 0.480 e. The van der Waals surface area contributed by atoms with Crippen molar-refractivity contribution in [2.24, 2.45) is 5.92 Å². The average Bonchev–Trinajstić information content (AvgIpc) is 3.22. The van der Waals surface area contributed by atoms with Crippen molar-refractivity contribution in [2.45, 2.75) is 30.2 Å². The van der Waals surface area contributed by atoms with E-state index in [0.717, 1.165) is 17.7 Å². The Morgan fingerprint density at radius 1 is 1.35 bits per heavy atom. The highest BCUT2D eigenvalue weighted by molar-refractivity contribution is 7.99. The number of thioether (sulfide) groups is 1. The average molecular weight is 297 g/mol. The maximum atomic E-state index is 12.7. The highest BCUT2D eigenvalue weighted by Crippen LogP contribution is 2.32. The summed E-state index contributed by atoms with van der Waals surface area (Å²) in [5.74, 6) is -0.887. The van der Waals surface area contributed by atoms with Gasteiger partial charge in [0.1, 0.15) is 11.9 Å². The zero-order valence-electron chi connectivity index (χ0n) is 10.8. The summed E-state index contributed by atoms with van der Waals surface area (Å²) in [6.45, 7) is 0.